The molecule has 2 heteroatoms. The summed E-state index contributed by atoms with van der Waals surface area (Å²) in [6, 6.07) is 17.4. The predicted octanol–water partition coefficient (Wildman–Crippen LogP) is 6.32. The van der Waals surface area contributed by atoms with Crippen molar-refractivity contribution in [2.24, 2.45) is 5.92 Å². The summed E-state index contributed by atoms with van der Waals surface area (Å²) in [4.78, 5) is 13.0. The van der Waals surface area contributed by atoms with Gasteiger partial charge in [0, 0.05) is 22.4 Å². The van der Waals surface area contributed by atoms with E-state index in [1.807, 2.05) is 54.6 Å². The van der Waals surface area contributed by atoms with E-state index < -0.39 is 0 Å². The average molecular weight is 338 g/mol. The molecule has 0 radical (unpaired) electrons. The van der Waals surface area contributed by atoms with Crippen LogP contribution in [0.25, 0.3) is 0 Å². The Morgan fingerprint density at radius 3 is 2.00 bits per heavy atom. The second kappa shape index (κ2) is 8.84. The lowest BCUT2D eigenvalue weighted by Gasteiger charge is -2.41. The van der Waals surface area contributed by atoms with Gasteiger partial charge in [-0.25, -0.2) is 0 Å². The van der Waals surface area contributed by atoms with Crippen molar-refractivity contribution >= 4 is 11.5 Å². The number of anilines is 1. The number of nitrogens with one attached hydrogen (secondary N) is 1. The van der Waals surface area contributed by atoms with Crippen molar-refractivity contribution < 1.29 is 4.79 Å². The van der Waals surface area contributed by atoms with Gasteiger partial charge in [0.05, 0.1) is 0 Å². The fraction of sp³-hybridized carbons (Fsp3) is 0.435. The van der Waals surface area contributed by atoms with E-state index in [4.69, 9.17) is 0 Å². The Morgan fingerprint density at radius 2 is 1.44 bits per heavy atom. The number of hydrogen-bond donors (Lipinski definition) is 1. The van der Waals surface area contributed by atoms with Crippen LogP contribution in [0.5, 0.6) is 0 Å². The molecule has 2 rings (SSSR count). The second-order valence-electron chi connectivity index (χ2n) is 6.74. The number of rotatable bonds is 9. The molecule has 0 aromatic heterocycles. The summed E-state index contributed by atoms with van der Waals surface area (Å²) in [5.74, 6) is 0.664. The van der Waals surface area contributed by atoms with E-state index in [1.54, 1.807) is 0 Å². The van der Waals surface area contributed by atoms with Crippen molar-refractivity contribution in [1.82, 2.24) is 0 Å². The van der Waals surface area contributed by atoms with Gasteiger partial charge in [0.2, 0.25) is 0 Å². The normalized spacial score (nSPS) is 11.6. The summed E-state index contributed by atoms with van der Waals surface area (Å²) in [5.41, 5.74) is 2.46. The van der Waals surface area contributed by atoms with Crippen molar-refractivity contribution in [2.45, 2.75) is 58.9 Å². The number of para-hydroxylation sites is 1. The Bertz CT molecular complexity index is 670. The van der Waals surface area contributed by atoms with Gasteiger partial charge < -0.3 is 5.32 Å². The van der Waals surface area contributed by atoms with E-state index in [0.29, 0.717) is 5.92 Å². The van der Waals surface area contributed by atoms with E-state index in [9.17, 15) is 4.79 Å². The van der Waals surface area contributed by atoms with E-state index in [2.05, 4.69) is 33.0 Å². The van der Waals surface area contributed by atoms with Gasteiger partial charge in [-0.15, -0.1) is 0 Å². The van der Waals surface area contributed by atoms with Crippen LogP contribution in [0.4, 0.5) is 5.69 Å². The molecule has 2 aromatic rings. The lowest BCUT2D eigenvalue weighted by atomic mass is 9.76. The molecule has 0 atom stereocenters. The van der Waals surface area contributed by atoms with E-state index >= 15 is 0 Å². The zero-order valence-electron chi connectivity index (χ0n) is 16.0. The summed E-state index contributed by atoms with van der Waals surface area (Å²) in [7, 11) is 0. The van der Waals surface area contributed by atoms with Crippen LogP contribution in [-0.2, 0) is 0 Å². The monoisotopic (exact) mass is 337 g/mol. The molecule has 0 amide bonds. The minimum Gasteiger partial charge on any atom is -0.379 e. The highest BCUT2D eigenvalue weighted by Crippen LogP contribution is 2.35. The van der Waals surface area contributed by atoms with Crippen molar-refractivity contribution in [2.75, 3.05) is 5.32 Å². The molecule has 2 aromatic carbocycles. The summed E-state index contributed by atoms with van der Waals surface area (Å²) < 4.78 is 0. The zero-order valence-corrected chi connectivity index (χ0v) is 16.0. The van der Waals surface area contributed by atoms with Gasteiger partial charge in [0.15, 0.2) is 5.78 Å². The number of ketones is 1. The SMILES string of the molecule is CCC(CC)C(CC)(CC)Nc1ccccc1C(=O)c1ccccc1. The van der Waals surface area contributed by atoms with Crippen LogP contribution >= 0.6 is 0 Å². The third-order valence-corrected chi connectivity index (χ3v) is 5.62. The molecule has 0 fully saturated rings. The smallest absolute Gasteiger partial charge is 0.195 e. The molecule has 2 nitrogen and oxygen atoms in total. The lowest BCUT2D eigenvalue weighted by Crippen LogP contribution is -2.44. The van der Waals surface area contributed by atoms with E-state index in [1.165, 1.54) is 0 Å². The third kappa shape index (κ3) is 4.12. The summed E-state index contributed by atoms with van der Waals surface area (Å²) in [6.07, 6.45) is 4.37. The van der Waals surface area contributed by atoms with Gasteiger partial charge >= 0.3 is 0 Å². The molecular formula is C23H31NO. The molecule has 134 valence electrons. The van der Waals surface area contributed by atoms with Crippen LogP contribution in [0.2, 0.25) is 0 Å². The molecule has 0 aliphatic rings. The van der Waals surface area contributed by atoms with Gasteiger partial charge in [-0.3, -0.25) is 4.79 Å². The van der Waals surface area contributed by atoms with Crippen LogP contribution in [0.3, 0.4) is 0 Å². The molecular weight excluding hydrogens is 306 g/mol. The topological polar surface area (TPSA) is 29.1 Å². The molecule has 0 aliphatic carbocycles. The van der Waals surface area contributed by atoms with Gasteiger partial charge in [0.1, 0.15) is 0 Å². The lowest BCUT2D eigenvalue weighted by molar-refractivity contribution is 0.103. The van der Waals surface area contributed by atoms with Crippen molar-refractivity contribution in [1.29, 1.82) is 0 Å². The molecule has 25 heavy (non-hydrogen) atoms. The van der Waals surface area contributed by atoms with Crippen LogP contribution in [-0.4, -0.2) is 11.3 Å². The summed E-state index contributed by atoms with van der Waals surface area (Å²) in [5, 5.41) is 3.79. The Labute approximate surface area is 152 Å². The van der Waals surface area contributed by atoms with Crippen LogP contribution in [0.1, 0.15) is 69.3 Å². The molecule has 0 bridgehead atoms. The highest BCUT2D eigenvalue weighted by molar-refractivity contribution is 6.12. The maximum atomic E-state index is 13.0. The highest BCUT2D eigenvalue weighted by atomic mass is 16.1. The maximum absolute atomic E-state index is 13.0. The fourth-order valence-electron chi connectivity index (χ4n) is 3.98. The molecule has 1 N–H and O–H groups in total. The molecule has 0 heterocycles. The number of benzene rings is 2. The Balaban J connectivity index is 2.41. The predicted molar refractivity (Wildman–Crippen MR) is 107 cm³/mol. The minimum atomic E-state index is 0.0244. The van der Waals surface area contributed by atoms with E-state index in [-0.39, 0.29) is 11.3 Å². The quantitative estimate of drug-likeness (QED) is 0.542. The summed E-state index contributed by atoms with van der Waals surface area (Å²) in [6.45, 7) is 9.01. The molecule has 0 saturated carbocycles. The van der Waals surface area contributed by atoms with Gasteiger partial charge in [0.25, 0.3) is 0 Å². The van der Waals surface area contributed by atoms with Gasteiger partial charge in [-0.1, -0.05) is 83.0 Å². The molecule has 0 unspecified atom stereocenters. The molecule has 0 spiro atoms. The number of carbonyl (C=O) groups excluding carboxylic acids is 1. The van der Waals surface area contributed by atoms with Crippen molar-refractivity contribution in [3.8, 4) is 0 Å². The van der Waals surface area contributed by atoms with E-state index in [0.717, 1.165) is 42.5 Å². The van der Waals surface area contributed by atoms with Crippen LogP contribution in [0.15, 0.2) is 54.6 Å². The van der Waals surface area contributed by atoms with Crippen LogP contribution < -0.4 is 5.32 Å². The minimum absolute atomic E-state index is 0.0244. The summed E-state index contributed by atoms with van der Waals surface area (Å²) >= 11 is 0. The first kappa shape index (κ1) is 19.2. The maximum Gasteiger partial charge on any atom is 0.195 e. The molecule has 0 saturated heterocycles. The largest absolute Gasteiger partial charge is 0.379 e. The van der Waals surface area contributed by atoms with Crippen molar-refractivity contribution in [3.05, 3.63) is 65.7 Å². The standard InChI is InChI=1S/C23H31NO/c1-5-19(6-2)23(7-3,8-4)24-21-17-13-12-16-20(21)22(25)18-14-10-9-11-15-18/h9-17,19,24H,5-8H2,1-4H3. The Morgan fingerprint density at radius 1 is 0.880 bits per heavy atom. The van der Waals surface area contributed by atoms with Gasteiger partial charge in [-0.05, 0) is 30.9 Å². The average Bonchev–Trinajstić information content (AvgIpc) is 2.68. The second-order valence-corrected chi connectivity index (χ2v) is 6.74. The fourth-order valence-corrected chi connectivity index (χ4v) is 3.98. The first-order chi connectivity index (χ1) is 12.1. The number of carbonyl (C=O) groups is 1. The number of hydrogen-bond acceptors (Lipinski definition) is 2. The van der Waals surface area contributed by atoms with Gasteiger partial charge in [-0.2, -0.15) is 0 Å². The third-order valence-electron chi connectivity index (χ3n) is 5.62. The molecule has 0 aliphatic heterocycles. The Hall–Kier alpha value is -2.09. The van der Waals surface area contributed by atoms with Crippen molar-refractivity contribution in [3.63, 3.8) is 0 Å². The first-order valence-corrected chi connectivity index (χ1v) is 9.58. The van der Waals surface area contributed by atoms with Crippen LogP contribution in [0, 0.1) is 5.92 Å². The Kier molecular flexibility index (Phi) is 6.81. The zero-order chi connectivity index (χ0) is 18.3. The highest BCUT2D eigenvalue weighted by Gasteiger charge is 2.34. The first-order valence-electron chi connectivity index (χ1n) is 9.58.